The first-order valence-corrected chi connectivity index (χ1v) is 10.2. The van der Waals surface area contributed by atoms with Crippen LogP contribution in [0.3, 0.4) is 0 Å². The number of aryl methyl sites for hydroxylation is 1. The summed E-state index contributed by atoms with van der Waals surface area (Å²) in [6, 6.07) is 9.80. The number of rotatable bonds is 10. The molecule has 1 aliphatic heterocycles. The van der Waals surface area contributed by atoms with Gasteiger partial charge in [-0.25, -0.2) is 0 Å². The minimum atomic E-state index is -0.00803. The maximum atomic E-state index is 6.64. The van der Waals surface area contributed by atoms with E-state index < -0.39 is 0 Å². The van der Waals surface area contributed by atoms with Crippen LogP contribution in [0.5, 0.6) is 0 Å². The highest BCUT2D eigenvalue weighted by Crippen LogP contribution is 2.30. The Morgan fingerprint density at radius 1 is 1.00 bits per heavy atom. The predicted octanol–water partition coefficient (Wildman–Crippen LogP) is 4.94. The van der Waals surface area contributed by atoms with Gasteiger partial charge in [0.25, 0.3) is 0 Å². The van der Waals surface area contributed by atoms with Crippen LogP contribution in [0.25, 0.3) is 0 Å². The third-order valence-corrected chi connectivity index (χ3v) is 6.05. The lowest BCUT2D eigenvalue weighted by Gasteiger charge is -2.33. The molecule has 1 aromatic rings. The largest absolute Gasteiger partial charge is 0.324 e. The number of benzene rings is 1. The lowest BCUT2D eigenvalue weighted by molar-refractivity contribution is 0.238. The molecule has 0 radical (unpaired) electrons. The van der Waals surface area contributed by atoms with Gasteiger partial charge in [-0.15, -0.1) is 0 Å². The maximum absolute atomic E-state index is 6.64. The van der Waals surface area contributed by atoms with Crippen molar-refractivity contribution in [2.45, 2.75) is 89.6 Å². The topological polar surface area (TPSA) is 29.3 Å². The summed E-state index contributed by atoms with van der Waals surface area (Å²) in [6.07, 6.45) is 12.7. The van der Waals surface area contributed by atoms with Crippen LogP contribution in [0.4, 0.5) is 0 Å². The fourth-order valence-electron chi connectivity index (χ4n) is 4.09. The highest BCUT2D eigenvalue weighted by Gasteiger charge is 2.41. The Balaban J connectivity index is 1.79. The van der Waals surface area contributed by atoms with Gasteiger partial charge in [0.2, 0.25) is 0 Å². The Morgan fingerprint density at radius 3 is 2.29 bits per heavy atom. The van der Waals surface area contributed by atoms with E-state index in [-0.39, 0.29) is 5.54 Å². The number of likely N-dealkylation sites (N-methyl/N-ethyl adjacent to an activating group) is 1. The first-order chi connectivity index (χ1) is 11.6. The van der Waals surface area contributed by atoms with Gasteiger partial charge in [-0.05, 0) is 50.3 Å². The lowest BCUT2D eigenvalue weighted by atomic mass is 9.85. The summed E-state index contributed by atoms with van der Waals surface area (Å²) in [4.78, 5) is 2.45. The molecule has 2 unspecified atom stereocenters. The summed E-state index contributed by atoms with van der Waals surface area (Å²) in [5, 5.41) is 0. The summed E-state index contributed by atoms with van der Waals surface area (Å²) in [5.74, 6) is 0. The molecule has 1 aliphatic rings. The summed E-state index contributed by atoms with van der Waals surface area (Å²) < 4.78 is 0. The van der Waals surface area contributed by atoms with E-state index in [0.717, 1.165) is 25.8 Å². The van der Waals surface area contributed by atoms with Crippen LogP contribution in [0, 0.1) is 0 Å². The molecule has 0 saturated carbocycles. The lowest BCUT2D eigenvalue weighted by Crippen LogP contribution is -2.51. The zero-order valence-electron chi connectivity index (χ0n) is 16.2. The molecule has 2 heteroatoms. The monoisotopic (exact) mass is 330 g/mol. The molecule has 2 atom stereocenters. The zero-order chi connectivity index (χ0) is 17.4. The Kier molecular flexibility index (Phi) is 7.77. The number of unbranched alkanes of at least 4 members (excludes halogenated alkanes) is 5. The van der Waals surface area contributed by atoms with Crippen molar-refractivity contribution in [3.8, 4) is 0 Å². The van der Waals surface area contributed by atoms with Crippen LogP contribution in [0.2, 0.25) is 0 Å². The van der Waals surface area contributed by atoms with E-state index >= 15 is 0 Å². The second-order valence-electron chi connectivity index (χ2n) is 7.87. The number of nitrogens with two attached hydrogens (primary N) is 1. The van der Waals surface area contributed by atoms with Crippen LogP contribution < -0.4 is 5.73 Å². The second kappa shape index (κ2) is 9.58. The molecular formula is C22H38N2. The molecule has 2 rings (SSSR count). The van der Waals surface area contributed by atoms with Gasteiger partial charge in [-0.3, -0.25) is 0 Å². The number of hydrogen-bond donors (Lipinski definition) is 1. The molecule has 0 aliphatic carbocycles. The van der Waals surface area contributed by atoms with Crippen molar-refractivity contribution in [1.29, 1.82) is 0 Å². The van der Waals surface area contributed by atoms with Gasteiger partial charge >= 0.3 is 0 Å². The molecule has 1 heterocycles. The Morgan fingerprint density at radius 2 is 1.62 bits per heavy atom. The highest BCUT2D eigenvalue weighted by molar-refractivity contribution is 5.24. The molecule has 0 amide bonds. The molecule has 1 saturated heterocycles. The van der Waals surface area contributed by atoms with E-state index in [4.69, 9.17) is 5.73 Å². The molecule has 0 bridgehead atoms. The Bertz CT molecular complexity index is 467. The summed E-state index contributed by atoms with van der Waals surface area (Å²) >= 11 is 0. The van der Waals surface area contributed by atoms with Crippen LogP contribution in [-0.4, -0.2) is 30.1 Å². The van der Waals surface area contributed by atoms with Gasteiger partial charge < -0.3 is 10.6 Å². The molecule has 2 nitrogen and oxygen atoms in total. The summed E-state index contributed by atoms with van der Waals surface area (Å²) in [7, 11) is 2.22. The van der Waals surface area contributed by atoms with E-state index in [2.05, 4.69) is 50.1 Å². The normalized spacial score (nSPS) is 24.6. The van der Waals surface area contributed by atoms with Crippen molar-refractivity contribution in [1.82, 2.24) is 4.90 Å². The van der Waals surface area contributed by atoms with Crippen molar-refractivity contribution in [2.24, 2.45) is 5.73 Å². The van der Waals surface area contributed by atoms with Gasteiger partial charge in [0, 0.05) is 18.1 Å². The van der Waals surface area contributed by atoms with Crippen LogP contribution >= 0.6 is 0 Å². The van der Waals surface area contributed by atoms with Gasteiger partial charge in [0.15, 0.2) is 0 Å². The summed E-state index contributed by atoms with van der Waals surface area (Å²) in [6.45, 7) is 5.64. The summed E-state index contributed by atoms with van der Waals surface area (Å²) in [5.41, 5.74) is 9.56. The van der Waals surface area contributed by atoms with Crippen molar-refractivity contribution >= 4 is 0 Å². The van der Waals surface area contributed by atoms with Crippen LogP contribution in [-0.2, 0) is 12.8 Å². The van der Waals surface area contributed by atoms with Gasteiger partial charge in [-0.2, -0.15) is 0 Å². The predicted molar refractivity (Wildman–Crippen MR) is 105 cm³/mol. The van der Waals surface area contributed by atoms with Crippen molar-refractivity contribution in [2.75, 3.05) is 13.6 Å². The van der Waals surface area contributed by atoms with Crippen molar-refractivity contribution < 1.29 is 0 Å². The Labute approximate surface area is 149 Å². The molecule has 1 aromatic carbocycles. The standard InChI is InChI=1S/C22H38N2/c1-4-6-7-8-9-10-11-19-12-14-20(15-13-19)18-21-22(23,5-2)16-17-24(21)3/h12-15,21H,4-11,16-18,23H2,1-3H3. The first kappa shape index (κ1) is 19.5. The number of likely N-dealkylation sites (tertiary alicyclic amines) is 1. The smallest absolute Gasteiger partial charge is 0.0324 e. The third-order valence-electron chi connectivity index (χ3n) is 6.05. The van der Waals surface area contributed by atoms with Crippen LogP contribution in [0.1, 0.15) is 76.3 Å². The molecule has 2 N–H and O–H groups in total. The minimum absolute atomic E-state index is 0.00803. The maximum Gasteiger partial charge on any atom is 0.0324 e. The van der Waals surface area contributed by atoms with Crippen molar-refractivity contribution in [3.63, 3.8) is 0 Å². The SMILES string of the molecule is CCCCCCCCc1ccc(CC2N(C)CCC2(N)CC)cc1. The van der Waals surface area contributed by atoms with E-state index in [9.17, 15) is 0 Å². The van der Waals surface area contributed by atoms with Gasteiger partial charge in [0.05, 0.1) is 0 Å². The Hall–Kier alpha value is -0.860. The minimum Gasteiger partial charge on any atom is -0.324 e. The van der Waals surface area contributed by atoms with E-state index in [1.807, 2.05) is 0 Å². The zero-order valence-corrected chi connectivity index (χ0v) is 16.2. The molecule has 1 fully saturated rings. The molecule has 136 valence electrons. The third kappa shape index (κ3) is 5.32. The average Bonchev–Trinajstić information content (AvgIpc) is 2.88. The average molecular weight is 331 g/mol. The molecule has 0 spiro atoms. The molecular weight excluding hydrogens is 292 g/mol. The van der Waals surface area contributed by atoms with E-state index in [1.54, 1.807) is 0 Å². The highest BCUT2D eigenvalue weighted by atomic mass is 15.2. The molecule has 0 aromatic heterocycles. The van der Waals surface area contributed by atoms with E-state index in [0.29, 0.717) is 6.04 Å². The second-order valence-corrected chi connectivity index (χ2v) is 7.87. The van der Waals surface area contributed by atoms with Gasteiger partial charge in [0.1, 0.15) is 0 Å². The van der Waals surface area contributed by atoms with Crippen LogP contribution in [0.15, 0.2) is 24.3 Å². The fourth-order valence-corrected chi connectivity index (χ4v) is 4.09. The van der Waals surface area contributed by atoms with Crippen molar-refractivity contribution in [3.05, 3.63) is 35.4 Å². The fraction of sp³-hybridized carbons (Fsp3) is 0.727. The number of hydrogen-bond acceptors (Lipinski definition) is 2. The quantitative estimate of drug-likeness (QED) is 0.615. The molecule has 24 heavy (non-hydrogen) atoms. The number of nitrogens with zero attached hydrogens (tertiary/aromatic N) is 1. The first-order valence-electron chi connectivity index (χ1n) is 10.2. The van der Waals surface area contributed by atoms with E-state index in [1.165, 1.54) is 56.1 Å². The van der Waals surface area contributed by atoms with Gasteiger partial charge in [-0.1, -0.05) is 70.2 Å².